The number of carbonyl (C=O) groups is 4. The number of unbranched alkanes of at least 4 members (excludes halogenated alkanes) is 3. The molecule has 20 heteroatoms. The Morgan fingerprint density at radius 1 is 0.790 bits per heavy atom. The number of ether oxygens (including phenoxy) is 4. The second-order valence-electron chi connectivity index (χ2n) is 21.7. The molecule has 2 saturated heterocycles. The third-order valence-corrected chi connectivity index (χ3v) is 15.5. The van der Waals surface area contributed by atoms with Gasteiger partial charge >= 0.3 is 0 Å². The van der Waals surface area contributed by atoms with Crippen LogP contribution in [0.25, 0.3) is 21.8 Å². The van der Waals surface area contributed by atoms with Crippen molar-refractivity contribution < 1.29 is 38.1 Å². The maximum absolute atomic E-state index is 13.9. The first-order chi connectivity index (χ1) is 39.3. The fourth-order valence-corrected chi connectivity index (χ4v) is 10.8. The zero-order chi connectivity index (χ0) is 56.9. The minimum absolute atomic E-state index is 0.0911. The Labute approximate surface area is 479 Å². The molecule has 2 atom stereocenters. The van der Waals surface area contributed by atoms with E-state index in [9.17, 15) is 19.2 Å². The fraction of sp³-hybridized carbons (Fsp3) is 0.475. The standard InChI is InChI=1S/C61H79N11O8S/c1-43-53(81-42-66-43)46-19-17-44(18-20-46)40-65-57(75)51-16-11-30-72(51)58(76)54(60(2,3)4)67-52(73)23-33-78-35-37-79-36-34-77-31-7-5-6-8-32-80-50-15-9-12-45(38-50)41-64-56(74)48-13-10-14-49(39-48)69-61(24-28-63-29-25-61)59-68-55(70-71-59)47-21-26-62-27-22-47/h9-10,12-15,17-22,26-27,38-39,42,51,54,63,69H,5-8,11,16,23-25,28-37,40-41H2,1-4H3,(H,64,74)(H,65,75)(H,67,73)(H,68,70,71)/t51-,54+/m0/s1. The molecule has 4 amide bonds. The van der Waals surface area contributed by atoms with E-state index in [-0.39, 0.29) is 36.7 Å². The first kappa shape index (κ1) is 60.0. The summed E-state index contributed by atoms with van der Waals surface area (Å²) in [4.78, 5) is 69.9. The van der Waals surface area contributed by atoms with Crippen LogP contribution >= 0.6 is 11.3 Å². The van der Waals surface area contributed by atoms with Gasteiger partial charge in [0, 0.05) is 61.9 Å². The zero-order valence-electron chi connectivity index (χ0n) is 47.2. The van der Waals surface area contributed by atoms with E-state index in [1.165, 1.54) is 0 Å². The molecule has 6 aromatic rings. The van der Waals surface area contributed by atoms with E-state index in [2.05, 4.69) is 46.7 Å². The van der Waals surface area contributed by atoms with Gasteiger partial charge in [-0.2, -0.15) is 5.10 Å². The largest absolute Gasteiger partial charge is 0.494 e. The quantitative estimate of drug-likeness (QED) is 0.0234. The van der Waals surface area contributed by atoms with Gasteiger partial charge in [-0.3, -0.25) is 29.3 Å². The Kier molecular flexibility index (Phi) is 22.3. The number of aryl methyl sites for hydroxylation is 1. The van der Waals surface area contributed by atoms with Crippen LogP contribution < -0.4 is 31.3 Å². The molecule has 8 rings (SSSR count). The Balaban J connectivity index is 0.635. The van der Waals surface area contributed by atoms with Gasteiger partial charge in [0.1, 0.15) is 17.8 Å². The molecule has 5 heterocycles. The van der Waals surface area contributed by atoms with Gasteiger partial charge in [-0.25, -0.2) is 9.97 Å². The Morgan fingerprint density at radius 3 is 2.25 bits per heavy atom. The Hall–Kier alpha value is -7.10. The number of pyridine rings is 1. The number of hydrogen-bond acceptors (Lipinski definition) is 15. The van der Waals surface area contributed by atoms with Crippen molar-refractivity contribution in [2.75, 3.05) is 71.2 Å². The van der Waals surface area contributed by atoms with Crippen LogP contribution in [-0.4, -0.2) is 132 Å². The SMILES string of the molecule is Cc1ncsc1-c1ccc(CNC(=O)[C@@H]2CCCN2C(=O)[C@@H](NC(=O)CCOCCOCCOCCCCCCOc2cccc(CNC(=O)c3cccc(NC4(c5nc(-c6ccncc6)n[nH]5)CCNCC4)c3)c2)C(C)(C)C)cc1. The monoisotopic (exact) mass is 1130 g/mol. The van der Waals surface area contributed by atoms with Crippen molar-refractivity contribution in [1.29, 1.82) is 0 Å². The average Bonchev–Trinajstić information content (AvgIpc) is 4.32. The molecule has 0 bridgehead atoms. The van der Waals surface area contributed by atoms with Crippen LogP contribution in [0, 0.1) is 12.3 Å². The van der Waals surface area contributed by atoms with Crippen LogP contribution in [0.2, 0.25) is 0 Å². The van der Waals surface area contributed by atoms with Crippen molar-refractivity contribution in [3.8, 4) is 27.6 Å². The topological polar surface area (TPSA) is 236 Å². The lowest BCUT2D eigenvalue weighted by Gasteiger charge is -2.37. The van der Waals surface area contributed by atoms with E-state index in [1.807, 2.05) is 118 Å². The number of amides is 4. The molecular formula is C61H79N11O8S. The van der Waals surface area contributed by atoms with Crippen molar-refractivity contribution in [3.05, 3.63) is 131 Å². The van der Waals surface area contributed by atoms with Gasteiger partial charge in [0.15, 0.2) is 11.6 Å². The summed E-state index contributed by atoms with van der Waals surface area (Å²) >= 11 is 1.60. The number of H-pyrrole nitrogens is 1. The molecule has 3 aromatic heterocycles. The van der Waals surface area contributed by atoms with Gasteiger partial charge in [-0.15, -0.1) is 11.3 Å². The van der Waals surface area contributed by atoms with E-state index >= 15 is 0 Å². The van der Waals surface area contributed by atoms with Gasteiger partial charge in [-0.1, -0.05) is 69.7 Å². The molecule has 0 radical (unpaired) electrons. The molecule has 81 heavy (non-hydrogen) atoms. The van der Waals surface area contributed by atoms with Gasteiger partial charge in [0.2, 0.25) is 17.7 Å². The van der Waals surface area contributed by atoms with Gasteiger partial charge < -0.3 is 50.4 Å². The minimum atomic E-state index is -0.801. The maximum Gasteiger partial charge on any atom is 0.251 e. The molecule has 0 spiro atoms. The van der Waals surface area contributed by atoms with Crippen molar-refractivity contribution in [2.24, 2.45) is 5.41 Å². The molecule has 2 fully saturated rings. The predicted molar refractivity (Wildman–Crippen MR) is 312 cm³/mol. The number of hydrogen-bond donors (Lipinski definition) is 6. The van der Waals surface area contributed by atoms with E-state index in [0.717, 1.165) is 102 Å². The van der Waals surface area contributed by atoms with Crippen LogP contribution in [0.15, 0.2) is 103 Å². The van der Waals surface area contributed by atoms with Crippen molar-refractivity contribution in [3.63, 3.8) is 0 Å². The molecule has 0 unspecified atom stereocenters. The first-order valence-electron chi connectivity index (χ1n) is 28.4. The lowest BCUT2D eigenvalue weighted by Crippen LogP contribution is -2.57. The smallest absolute Gasteiger partial charge is 0.251 e. The number of thiazole rings is 1. The fourth-order valence-electron chi connectivity index (χ4n) is 9.99. The third-order valence-electron chi connectivity index (χ3n) is 14.5. The highest BCUT2D eigenvalue weighted by atomic mass is 32.1. The highest BCUT2D eigenvalue weighted by Gasteiger charge is 2.42. The normalized spacial score (nSPS) is 15.5. The molecule has 6 N–H and O–H groups in total. The molecule has 0 aliphatic carbocycles. The number of anilines is 1. The molecule has 3 aromatic carbocycles. The summed E-state index contributed by atoms with van der Waals surface area (Å²) in [6.45, 7) is 13.6. The van der Waals surface area contributed by atoms with Gasteiger partial charge in [0.05, 0.1) is 61.3 Å². The highest BCUT2D eigenvalue weighted by Crippen LogP contribution is 2.34. The number of benzene rings is 3. The summed E-state index contributed by atoms with van der Waals surface area (Å²) in [5.74, 6) is 1.24. The second-order valence-corrected chi connectivity index (χ2v) is 22.6. The van der Waals surface area contributed by atoms with Crippen molar-refractivity contribution in [2.45, 2.75) is 116 Å². The summed E-state index contributed by atoms with van der Waals surface area (Å²) in [7, 11) is 0. The third kappa shape index (κ3) is 17.7. The van der Waals surface area contributed by atoms with Crippen LogP contribution in [0.4, 0.5) is 5.69 Å². The van der Waals surface area contributed by atoms with E-state index < -0.39 is 23.0 Å². The zero-order valence-corrected chi connectivity index (χ0v) is 48.0. The number of nitrogens with zero attached hydrogens (tertiary/aromatic N) is 5. The van der Waals surface area contributed by atoms with Gasteiger partial charge in [0.25, 0.3) is 5.91 Å². The number of nitrogens with one attached hydrogen (secondary N) is 6. The molecule has 432 valence electrons. The number of aromatic amines is 1. The van der Waals surface area contributed by atoms with Crippen LogP contribution in [0.3, 0.4) is 0 Å². The number of likely N-dealkylation sites (tertiary alicyclic amines) is 1. The summed E-state index contributed by atoms with van der Waals surface area (Å²) in [5.41, 5.74) is 7.04. The molecule has 19 nitrogen and oxygen atoms in total. The summed E-state index contributed by atoms with van der Waals surface area (Å²) in [6.07, 6.45) is 10.3. The van der Waals surface area contributed by atoms with Crippen molar-refractivity contribution in [1.82, 2.24) is 51.3 Å². The lowest BCUT2D eigenvalue weighted by molar-refractivity contribution is -0.144. The highest BCUT2D eigenvalue weighted by molar-refractivity contribution is 7.13. The van der Waals surface area contributed by atoms with E-state index in [4.69, 9.17) is 23.9 Å². The van der Waals surface area contributed by atoms with Crippen LogP contribution in [0.1, 0.15) is 112 Å². The average molecular weight is 1130 g/mol. The molecule has 2 aliphatic heterocycles. The number of rotatable bonds is 30. The predicted octanol–water partition coefficient (Wildman–Crippen LogP) is 8.14. The number of aromatic nitrogens is 5. The Bertz CT molecular complexity index is 2940. The summed E-state index contributed by atoms with van der Waals surface area (Å²) in [6, 6.07) is 25.8. The molecule has 2 aliphatic rings. The number of carbonyl (C=O) groups excluding carboxylic acids is 4. The summed E-state index contributed by atoms with van der Waals surface area (Å²) in [5, 5.41) is 23.9. The number of piperidine rings is 1. The van der Waals surface area contributed by atoms with E-state index in [1.54, 1.807) is 28.6 Å². The van der Waals surface area contributed by atoms with E-state index in [0.29, 0.717) is 83.5 Å². The lowest BCUT2D eigenvalue weighted by atomic mass is 9.85. The van der Waals surface area contributed by atoms with Crippen molar-refractivity contribution >= 4 is 40.7 Å². The Morgan fingerprint density at radius 2 is 1.51 bits per heavy atom. The van der Waals surface area contributed by atoms with Crippen LogP contribution in [-0.2, 0) is 47.2 Å². The van der Waals surface area contributed by atoms with Gasteiger partial charge in [-0.05, 0) is 130 Å². The minimum Gasteiger partial charge on any atom is -0.494 e. The molecular weight excluding hydrogens is 1050 g/mol. The first-order valence-corrected chi connectivity index (χ1v) is 29.3. The maximum atomic E-state index is 13.9. The second kappa shape index (κ2) is 30.1. The summed E-state index contributed by atoms with van der Waals surface area (Å²) < 4.78 is 23.2. The molecule has 0 saturated carbocycles. The van der Waals surface area contributed by atoms with Crippen LogP contribution in [0.5, 0.6) is 5.75 Å².